The number of nitrogens with zero attached hydrogens (tertiary/aromatic N) is 1. The molecule has 2 N–H and O–H groups in total. The van der Waals surface area contributed by atoms with Gasteiger partial charge in [-0.05, 0) is 36.5 Å². The Balaban J connectivity index is 0.00000392. The average molecular weight is 505 g/mol. The second kappa shape index (κ2) is 14.9. The van der Waals surface area contributed by atoms with Crippen LogP contribution in [0.2, 0.25) is 0 Å². The topological polar surface area (TPSA) is 64.1 Å². The Morgan fingerprint density at radius 1 is 1.25 bits per heavy atom. The van der Waals surface area contributed by atoms with Gasteiger partial charge in [-0.25, -0.2) is 0 Å². The van der Waals surface area contributed by atoms with E-state index in [1.165, 1.54) is 5.56 Å². The van der Waals surface area contributed by atoms with Gasteiger partial charge in [0.05, 0.1) is 19.8 Å². The van der Waals surface area contributed by atoms with Crippen LogP contribution in [0.15, 0.2) is 29.3 Å². The molecular formula is C21H36IN3O3. The molecule has 1 heterocycles. The molecule has 7 heteroatoms. The maximum atomic E-state index is 5.72. The summed E-state index contributed by atoms with van der Waals surface area (Å²) in [5.74, 6) is 2.83. The first-order valence-electron chi connectivity index (χ1n) is 9.99. The molecule has 1 unspecified atom stereocenters. The van der Waals surface area contributed by atoms with Crippen LogP contribution in [0.3, 0.4) is 0 Å². The minimum atomic E-state index is 0. The monoisotopic (exact) mass is 505 g/mol. The van der Waals surface area contributed by atoms with Crippen LogP contribution in [0, 0.1) is 11.8 Å². The lowest BCUT2D eigenvalue weighted by Crippen LogP contribution is -2.37. The van der Waals surface area contributed by atoms with Crippen molar-refractivity contribution in [1.29, 1.82) is 0 Å². The number of guanidine groups is 1. The Labute approximate surface area is 186 Å². The van der Waals surface area contributed by atoms with Crippen molar-refractivity contribution < 1.29 is 14.2 Å². The zero-order chi connectivity index (χ0) is 19.3. The normalized spacial score (nSPS) is 16.7. The molecule has 2 rings (SSSR count). The number of benzene rings is 1. The molecule has 0 radical (unpaired) electrons. The van der Waals surface area contributed by atoms with Gasteiger partial charge in [0.1, 0.15) is 5.75 Å². The van der Waals surface area contributed by atoms with Crippen molar-refractivity contribution in [3.63, 3.8) is 0 Å². The van der Waals surface area contributed by atoms with E-state index in [1.54, 1.807) is 7.05 Å². The summed E-state index contributed by atoms with van der Waals surface area (Å²) in [4.78, 5) is 4.26. The number of ether oxygens (including phenoxy) is 3. The molecule has 0 spiro atoms. The molecule has 1 aliphatic heterocycles. The van der Waals surface area contributed by atoms with Gasteiger partial charge in [0.15, 0.2) is 5.96 Å². The van der Waals surface area contributed by atoms with Gasteiger partial charge in [0.2, 0.25) is 0 Å². The second-order valence-electron chi connectivity index (χ2n) is 7.36. The lowest BCUT2D eigenvalue weighted by Gasteiger charge is -2.13. The van der Waals surface area contributed by atoms with Gasteiger partial charge in [0.25, 0.3) is 0 Å². The number of halogens is 1. The van der Waals surface area contributed by atoms with Crippen LogP contribution in [0.5, 0.6) is 5.75 Å². The predicted octanol–water partition coefficient (Wildman–Crippen LogP) is 3.45. The zero-order valence-corrected chi connectivity index (χ0v) is 19.7. The molecule has 6 nitrogen and oxygen atoms in total. The van der Waals surface area contributed by atoms with E-state index in [-0.39, 0.29) is 24.0 Å². The summed E-state index contributed by atoms with van der Waals surface area (Å²) in [6, 6.07) is 8.19. The van der Waals surface area contributed by atoms with Gasteiger partial charge in [-0.1, -0.05) is 26.0 Å². The Bertz CT molecular complexity index is 546. The maximum Gasteiger partial charge on any atom is 0.191 e. The third-order valence-electron chi connectivity index (χ3n) is 4.33. The molecule has 1 fully saturated rings. The van der Waals surface area contributed by atoms with Crippen molar-refractivity contribution >= 4 is 29.9 Å². The summed E-state index contributed by atoms with van der Waals surface area (Å²) in [6.45, 7) is 9.89. The van der Waals surface area contributed by atoms with E-state index in [2.05, 4.69) is 41.6 Å². The van der Waals surface area contributed by atoms with E-state index < -0.39 is 0 Å². The summed E-state index contributed by atoms with van der Waals surface area (Å²) in [6.07, 6.45) is 2.08. The van der Waals surface area contributed by atoms with Crippen LogP contribution in [0.25, 0.3) is 0 Å². The molecule has 28 heavy (non-hydrogen) atoms. The summed E-state index contributed by atoms with van der Waals surface area (Å²) in [5, 5.41) is 6.65. The van der Waals surface area contributed by atoms with Crippen LogP contribution in [-0.4, -0.2) is 52.6 Å². The van der Waals surface area contributed by atoms with Gasteiger partial charge in [-0.3, -0.25) is 4.99 Å². The van der Waals surface area contributed by atoms with Gasteiger partial charge in [-0.2, -0.15) is 0 Å². The molecular weight excluding hydrogens is 469 g/mol. The molecule has 1 aromatic rings. The number of hydrogen-bond acceptors (Lipinski definition) is 4. The van der Waals surface area contributed by atoms with Gasteiger partial charge >= 0.3 is 0 Å². The minimum absolute atomic E-state index is 0. The van der Waals surface area contributed by atoms with E-state index in [0.717, 1.165) is 70.7 Å². The first-order valence-corrected chi connectivity index (χ1v) is 9.99. The molecule has 0 aliphatic carbocycles. The number of hydrogen-bond donors (Lipinski definition) is 2. The maximum absolute atomic E-state index is 5.72. The SMILES string of the molecule is CN=C(NCCCOCC1CCOC1)NCc1ccc(OCC(C)C)cc1.I. The summed E-state index contributed by atoms with van der Waals surface area (Å²) in [7, 11) is 1.79. The van der Waals surface area contributed by atoms with Crippen molar-refractivity contribution in [2.24, 2.45) is 16.8 Å². The second-order valence-corrected chi connectivity index (χ2v) is 7.36. The highest BCUT2D eigenvalue weighted by molar-refractivity contribution is 14.0. The standard InChI is InChI=1S/C21H35N3O3.HI/c1-17(2)14-27-20-7-5-18(6-8-20)13-24-21(22-3)23-10-4-11-25-15-19-9-12-26-16-19;/h5-8,17,19H,4,9-16H2,1-3H3,(H2,22,23,24);1H. The molecule has 1 aromatic carbocycles. The fourth-order valence-corrected chi connectivity index (χ4v) is 2.72. The molecule has 0 aromatic heterocycles. The molecule has 0 saturated carbocycles. The molecule has 160 valence electrons. The third-order valence-corrected chi connectivity index (χ3v) is 4.33. The van der Waals surface area contributed by atoms with Crippen LogP contribution in [0.4, 0.5) is 0 Å². The predicted molar refractivity (Wildman–Crippen MR) is 125 cm³/mol. The van der Waals surface area contributed by atoms with E-state index in [0.29, 0.717) is 11.8 Å². The van der Waals surface area contributed by atoms with Crippen LogP contribution in [-0.2, 0) is 16.0 Å². The highest BCUT2D eigenvalue weighted by atomic mass is 127. The fraction of sp³-hybridized carbons (Fsp3) is 0.667. The first-order chi connectivity index (χ1) is 13.2. The van der Waals surface area contributed by atoms with Crippen molar-refractivity contribution in [3.05, 3.63) is 29.8 Å². The molecule has 0 bridgehead atoms. The Morgan fingerprint density at radius 2 is 2.04 bits per heavy atom. The Morgan fingerprint density at radius 3 is 2.68 bits per heavy atom. The van der Waals surface area contributed by atoms with Gasteiger partial charge in [-0.15, -0.1) is 24.0 Å². The highest BCUT2D eigenvalue weighted by Gasteiger charge is 2.15. The minimum Gasteiger partial charge on any atom is -0.493 e. The van der Waals surface area contributed by atoms with E-state index in [4.69, 9.17) is 14.2 Å². The number of nitrogens with one attached hydrogen (secondary N) is 2. The quantitative estimate of drug-likeness (QED) is 0.209. The van der Waals surface area contributed by atoms with Crippen LogP contribution in [0.1, 0.15) is 32.3 Å². The Kier molecular flexibility index (Phi) is 13.3. The van der Waals surface area contributed by atoms with Crippen molar-refractivity contribution in [1.82, 2.24) is 10.6 Å². The fourth-order valence-electron chi connectivity index (χ4n) is 2.72. The highest BCUT2D eigenvalue weighted by Crippen LogP contribution is 2.13. The van der Waals surface area contributed by atoms with E-state index in [1.807, 2.05) is 12.1 Å². The molecule has 1 aliphatic rings. The molecule has 1 saturated heterocycles. The van der Waals surface area contributed by atoms with Crippen molar-refractivity contribution in [2.45, 2.75) is 33.2 Å². The summed E-state index contributed by atoms with van der Waals surface area (Å²) >= 11 is 0. The molecule has 1 atom stereocenters. The van der Waals surface area contributed by atoms with Crippen molar-refractivity contribution in [2.75, 3.05) is 46.6 Å². The largest absolute Gasteiger partial charge is 0.493 e. The molecule has 0 amide bonds. The number of rotatable bonds is 11. The van der Waals surface area contributed by atoms with Crippen LogP contribution < -0.4 is 15.4 Å². The smallest absolute Gasteiger partial charge is 0.191 e. The third kappa shape index (κ3) is 10.5. The van der Waals surface area contributed by atoms with E-state index in [9.17, 15) is 0 Å². The summed E-state index contributed by atoms with van der Waals surface area (Å²) in [5.41, 5.74) is 1.19. The first kappa shape index (κ1) is 25.0. The van der Waals surface area contributed by atoms with Gasteiger partial charge < -0.3 is 24.8 Å². The Hall–Kier alpha value is -1.06. The van der Waals surface area contributed by atoms with Gasteiger partial charge in [0, 0.05) is 39.3 Å². The lowest BCUT2D eigenvalue weighted by atomic mass is 10.1. The van der Waals surface area contributed by atoms with Crippen molar-refractivity contribution in [3.8, 4) is 5.75 Å². The average Bonchev–Trinajstić information content (AvgIpc) is 3.19. The summed E-state index contributed by atoms with van der Waals surface area (Å²) < 4.78 is 16.8. The number of aliphatic imine (C=N–C) groups is 1. The zero-order valence-electron chi connectivity index (χ0n) is 17.4. The van der Waals surface area contributed by atoms with E-state index >= 15 is 0 Å². The van der Waals surface area contributed by atoms with Crippen LogP contribution >= 0.6 is 24.0 Å². The lowest BCUT2D eigenvalue weighted by molar-refractivity contribution is 0.0888.